The van der Waals surface area contributed by atoms with Crippen LogP contribution in [0.3, 0.4) is 0 Å². The molecule has 2 heterocycles. The Morgan fingerprint density at radius 1 is 1.06 bits per heavy atom. The average molecular weight is 237 g/mol. The normalized spacial score (nSPS) is 11.6. The Hall–Kier alpha value is -2.49. The van der Waals surface area contributed by atoms with E-state index in [9.17, 15) is 0 Å². The number of aromatic nitrogens is 3. The summed E-state index contributed by atoms with van der Waals surface area (Å²) in [6.45, 7) is 0. The summed E-state index contributed by atoms with van der Waals surface area (Å²) in [6, 6.07) is 10.2. The molecule has 4 heteroatoms. The highest BCUT2D eigenvalue weighted by atomic mass is 16.5. The van der Waals surface area contributed by atoms with Gasteiger partial charge in [0, 0.05) is 21.7 Å². The zero-order valence-electron chi connectivity index (χ0n) is 9.82. The van der Waals surface area contributed by atoms with Crippen LogP contribution in [0.2, 0.25) is 0 Å². The average Bonchev–Trinajstić information content (AvgIpc) is 3.01. The molecule has 4 nitrogen and oxygen atoms in total. The molecule has 0 atom stereocenters. The van der Waals surface area contributed by atoms with E-state index in [1.165, 1.54) is 10.8 Å². The van der Waals surface area contributed by atoms with Crippen molar-refractivity contribution in [2.75, 3.05) is 7.11 Å². The molecule has 2 N–H and O–H groups in total. The molecule has 0 radical (unpaired) electrons. The van der Waals surface area contributed by atoms with Crippen LogP contribution in [0.25, 0.3) is 32.7 Å². The number of fused-ring (bicyclic) bond motifs is 5. The fourth-order valence-electron chi connectivity index (χ4n) is 2.48. The van der Waals surface area contributed by atoms with Gasteiger partial charge in [0.2, 0.25) is 0 Å². The van der Waals surface area contributed by atoms with Gasteiger partial charge in [0.05, 0.1) is 24.3 Å². The predicted molar refractivity (Wildman–Crippen MR) is 72.0 cm³/mol. The van der Waals surface area contributed by atoms with E-state index in [4.69, 9.17) is 4.74 Å². The molecule has 4 aromatic rings. The molecule has 88 valence electrons. The second-order valence-electron chi connectivity index (χ2n) is 4.36. The molecular weight excluding hydrogens is 226 g/mol. The summed E-state index contributed by atoms with van der Waals surface area (Å²) in [5, 5.41) is 10.6. The van der Waals surface area contributed by atoms with Gasteiger partial charge in [0.1, 0.15) is 5.75 Å². The smallest absolute Gasteiger partial charge is 0.119 e. The molecule has 0 bridgehead atoms. The van der Waals surface area contributed by atoms with Crippen molar-refractivity contribution in [1.82, 2.24) is 15.2 Å². The Morgan fingerprint density at radius 2 is 2.00 bits per heavy atom. The summed E-state index contributed by atoms with van der Waals surface area (Å²) in [6.07, 6.45) is 1.83. The summed E-state index contributed by atoms with van der Waals surface area (Å²) in [7, 11) is 1.68. The zero-order valence-corrected chi connectivity index (χ0v) is 9.82. The van der Waals surface area contributed by atoms with E-state index in [2.05, 4.69) is 33.4 Å². The van der Waals surface area contributed by atoms with Crippen molar-refractivity contribution in [3.63, 3.8) is 0 Å². The fourth-order valence-corrected chi connectivity index (χ4v) is 2.48. The number of methoxy groups -OCH3 is 1. The van der Waals surface area contributed by atoms with Crippen LogP contribution in [0.4, 0.5) is 0 Å². The monoisotopic (exact) mass is 237 g/mol. The van der Waals surface area contributed by atoms with Crippen LogP contribution >= 0.6 is 0 Å². The van der Waals surface area contributed by atoms with Crippen LogP contribution in [-0.4, -0.2) is 22.3 Å². The Labute approximate surface area is 103 Å². The van der Waals surface area contributed by atoms with Crippen molar-refractivity contribution in [3.8, 4) is 5.75 Å². The number of nitrogens with zero attached hydrogens (tertiary/aromatic N) is 1. The largest absolute Gasteiger partial charge is 0.497 e. The molecule has 18 heavy (non-hydrogen) atoms. The van der Waals surface area contributed by atoms with Crippen molar-refractivity contribution in [1.29, 1.82) is 0 Å². The molecule has 0 aliphatic heterocycles. The van der Waals surface area contributed by atoms with Crippen molar-refractivity contribution in [3.05, 3.63) is 36.5 Å². The molecule has 0 amide bonds. The van der Waals surface area contributed by atoms with Gasteiger partial charge in [-0.05, 0) is 18.2 Å². The lowest BCUT2D eigenvalue weighted by atomic mass is 10.1. The summed E-state index contributed by atoms with van der Waals surface area (Å²) in [4.78, 5) is 3.43. The summed E-state index contributed by atoms with van der Waals surface area (Å²) in [5.41, 5.74) is 3.24. The highest BCUT2D eigenvalue weighted by Gasteiger charge is 2.09. The molecule has 2 aromatic heterocycles. The number of rotatable bonds is 1. The number of H-pyrrole nitrogens is 2. The first-order chi connectivity index (χ1) is 8.86. The van der Waals surface area contributed by atoms with Gasteiger partial charge in [-0.3, -0.25) is 5.10 Å². The van der Waals surface area contributed by atoms with Crippen LogP contribution in [0, 0.1) is 0 Å². The minimum atomic E-state index is 0.869. The van der Waals surface area contributed by atoms with E-state index in [-0.39, 0.29) is 0 Å². The Bertz CT molecular complexity index is 873. The molecule has 2 aromatic carbocycles. The van der Waals surface area contributed by atoms with Gasteiger partial charge in [0.25, 0.3) is 0 Å². The molecule has 0 fully saturated rings. The number of hydrogen-bond acceptors (Lipinski definition) is 2. The SMILES string of the molecule is COc1ccc2[nH]c3c(ccc4cn[nH]c43)c2c1. The predicted octanol–water partition coefficient (Wildman–Crippen LogP) is 3.21. The highest BCUT2D eigenvalue weighted by Crippen LogP contribution is 2.31. The minimum Gasteiger partial charge on any atom is -0.497 e. The minimum absolute atomic E-state index is 0.869. The lowest BCUT2D eigenvalue weighted by Gasteiger charge is -1.98. The third kappa shape index (κ3) is 1.12. The van der Waals surface area contributed by atoms with E-state index in [1.807, 2.05) is 18.3 Å². The maximum absolute atomic E-state index is 5.28. The zero-order chi connectivity index (χ0) is 12.1. The van der Waals surface area contributed by atoms with Gasteiger partial charge in [0.15, 0.2) is 0 Å². The van der Waals surface area contributed by atoms with Crippen LogP contribution in [-0.2, 0) is 0 Å². The van der Waals surface area contributed by atoms with Crippen molar-refractivity contribution < 1.29 is 4.74 Å². The maximum Gasteiger partial charge on any atom is 0.119 e. The highest BCUT2D eigenvalue weighted by molar-refractivity contribution is 6.15. The van der Waals surface area contributed by atoms with Gasteiger partial charge in [-0.2, -0.15) is 5.10 Å². The summed E-state index contributed by atoms with van der Waals surface area (Å²) < 4.78 is 5.28. The molecule has 0 aliphatic rings. The maximum atomic E-state index is 5.28. The fraction of sp³-hybridized carbons (Fsp3) is 0.0714. The molecular formula is C14H11N3O. The quantitative estimate of drug-likeness (QED) is 0.534. The first-order valence-corrected chi connectivity index (χ1v) is 5.78. The molecule has 0 saturated carbocycles. The molecule has 4 rings (SSSR count). The van der Waals surface area contributed by atoms with E-state index in [0.717, 1.165) is 27.7 Å². The molecule has 0 unspecified atom stereocenters. The number of benzene rings is 2. The third-order valence-corrected chi connectivity index (χ3v) is 3.39. The van der Waals surface area contributed by atoms with Crippen molar-refractivity contribution >= 4 is 32.7 Å². The van der Waals surface area contributed by atoms with Gasteiger partial charge in [-0.1, -0.05) is 12.1 Å². The third-order valence-electron chi connectivity index (χ3n) is 3.39. The molecule has 0 aliphatic carbocycles. The van der Waals surface area contributed by atoms with Crippen LogP contribution in [0.15, 0.2) is 36.5 Å². The number of hydrogen-bond donors (Lipinski definition) is 2. The first-order valence-electron chi connectivity index (χ1n) is 5.78. The Morgan fingerprint density at radius 3 is 2.89 bits per heavy atom. The Balaban J connectivity index is 2.23. The molecule has 0 saturated heterocycles. The lowest BCUT2D eigenvalue weighted by molar-refractivity contribution is 0.415. The van der Waals surface area contributed by atoms with E-state index >= 15 is 0 Å². The number of ether oxygens (including phenoxy) is 1. The van der Waals surface area contributed by atoms with Crippen molar-refractivity contribution in [2.24, 2.45) is 0 Å². The first kappa shape index (κ1) is 9.53. The van der Waals surface area contributed by atoms with Gasteiger partial charge in [-0.15, -0.1) is 0 Å². The summed E-state index contributed by atoms with van der Waals surface area (Å²) >= 11 is 0. The number of nitrogens with one attached hydrogen (secondary N) is 2. The van der Waals surface area contributed by atoms with Crippen LogP contribution in [0.1, 0.15) is 0 Å². The van der Waals surface area contributed by atoms with Gasteiger partial charge in [-0.25, -0.2) is 0 Å². The molecule has 0 spiro atoms. The van der Waals surface area contributed by atoms with E-state index in [1.54, 1.807) is 7.11 Å². The van der Waals surface area contributed by atoms with Gasteiger partial charge >= 0.3 is 0 Å². The lowest BCUT2D eigenvalue weighted by Crippen LogP contribution is -1.80. The number of aromatic amines is 2. The summed E-state index contributed by atoms with van der Waals surface area (Å²) in [5.74, 6) is 0.869. The second-order valence-corrected chi connectivity index (χ2v) is 4.36. The van der Waals surface area contributed by atoms with E-state index < -0.39 is 0 Å². The second kappa shape index (κ2) is 3.26. The van der Waals surface area contributed by atoms with Crippen LogP contribution < -0.4 is 4.74 Å². The van der Waals surface area contributed by atoms with Gasteiger partial charge < -0.3 is 9.72 Å². The Kier molecular flexibility index (Phi) is 1.73. The van der Waals surface area contributed by atoms with E-state index in [0.29, 0.717) is 0 Å². The topological polar surface area (TPSA) is 53.7 Å². The van der Waals surface area contributed by atoms with Crippen molar-refractivity contribution in [2.45, 2.75) is 0 Å². The van der Waals surface area contributed by atoms with Crippen LogP contribution in [0.5, 0.6) is 5.75 Å². The standard InChI is InChI=1S/C14H11N3O/c1-18-9-3-5-12-11(6-9)10-4-2-8-7-15-17-13(8)14(10)16-12/h2-7,16H,1H3,(H,15,17).